The zero-order valence-electron chi connectivity index (χ0n) is 16.5. The van der Waals surface area contributed by atoms with Gasteiger partial charge in [-0.25, -0.2) is 9.97 Å². The summed E-state index contributed by atoms with van der Waals surface area (Å²) in [4.78, 5) is 40.6. The van der Waals surface area contributed by atoms with Crippen LogP contribution in [0.15, 0.2) is 48.8 Å². The van der Waals surface area contributed by atoms with E-state index >= 15 is 0 Å². The van der Waals surface area contributed by atoms with Crippen LogP contribution in [-0.2, 0) is 6.18 Å². The highest BCUT2D eigenvalue weighted by Gasteiger charge is 2.32. The third-order valence-electron chi connectivity index (χ3n) is 4.19. The van der Waals surface area contributed by atoms with Gasteiger partial charge in [0.1, 0.15) is 11.9 Å². The van der Waals surface area contributed by atoms with Crippen molar-refractivity contribution in [3.05, 3.63) is 85.2 Å². The fourth-order valence-electron chi connectivity index (χ4n) is 2.67. The molecule has 0 spiro atoms. The third-order valence-corrected chi connectivity index (χ3v) is 4.52. The van der Waals surface area contributed by atoms with E-state index in [2.05, 4.69) is 20.7 Å². The zero-order valence-corrected chi connectivity index (χ0v) is 17.2. The van der Waals surface area contributed by atoms with Gasteiger partial charge in [0, 0.05) is 6.07 Å². The number of nitrogens with one attached hydrogen (secondary N) is 3. The number of hydrazine groups is 1. The summed E-state index contributed by atoms with van der Waals surface area (Å²) >= 11 is 5.91. The highest BCUT2D eigenvalue weighted by atomic mass is 35.5. The lowest BCUT2D eigenvalue weighted by Gasteiger charge is -2.13. The maximum absolute atomic E-state index is 13.0. The van der Waals surface area contributed by atoms with Crippen LogP contribution in [-0.4, -0.2) is 25.7 Å². The Morgan fingerprint density at radius 2 is 1.68 bits per heavy atom. The maximum atomic E-state index is 13.0. The average Bonchev–Trinajstić information content (AvgIpc) is 2.78. The highest BCUT2D eigenvalue weighted by Crippen LogP contribution is 2.37. The van der Waals surface area contributed by atoms with Crippen molar-refractivity contribution in [1.82, 2.24) is 15.4 Å². The molecule has 34 heavy (non-hydrogen) atoms. The van der Waals surface area contributed by atoms with E-state index in [0.29, 0.717) is 6.07 Å². The van der Waals surface area contributed by atoms with Crippen molar-refractivity contribution in [3.8, 4) is 0 Å². The lowest BCUT2D eigenvalue weighted by molar-refractivity contribution is -0.385. The molecule has 0 aliphatic carbocycles. The highest BCUT2D eigenvalue weighted by molar-refractivity contribution is 6.33. The SMILES string of the molecule is O=C(NNc1ncnc(Nc2cc(C(F)(F)F)ccc2Cl)c1[N+](=O)[O-])c1ccccc1[N+](=O)[O-]. The van der Waals surface area contributed by atoms with Crippen LogP contribution in [0.4, 0.5) is 41.9 Å². The number of anilines is 3. The van der Waals surface area contributed by atoms with Gasteiger partial charge in [-0.05, 0) is 24.3 Å². The van der Waals surface area contributed by atoms with Crippen LogP contribution in [0, 0.1) is 20.2 Å². The van der Waals surface area contributed by atoms with Crippen LogP contribution < -0.4 is 16.2 Å². The summed E-state index contributed by atoms with van der Waals surface area (Å²) in [5.74, 6) is -2.10. The number of hydrogen-bond acceptors (Lipinski definition) is 9. The van der Waals surface area contributed by atoms with Gasteiger partial charge in [-0.3, -0.25) is 35.9 Å². The standard InChI is InChI=1S/C18H11ClF3N7O5/c19-11-6-5-9(18(20,21)22)7-12(11)25-15-14(29(33)34)16(24-8-23-15)26-27-17(30)10-3-1-2-4-13(10)28(31)32/h1-8H,(H,27,30)(H2,23,24,25,26). The van der Waals surface area contributed by atoms with Crippen LogP contribution in [0.5, 0.6) is 0 Å². The second-order valence-corrected chi connectivity index (χ2v) is 6.75. The van der Waals surface area contributed by atoms with E-state index in [1.54, 1.807) is 0 Å². The van der Waals surface area contributed by atoms with Crippen LogP contribution in [0.2, 0.25) is 5.02 Å². The number of carbonyl (C=O) groups excluding carboxylic acids is 1. The monoisotopic (exact) mass is 497 g/mol. The normalized spacial score (nSPS) is 10.9. The Bertz CT molecular complexity index is 1290. The number of nitro groups is 2. The Labute approximate surface area is 192 Å². The molecule has 0 bridgehead atoms. The number of alkyl halides is 3. The van der Waals surface area contributed by atoms with Crippen molar-refractivity contribution >= 4 is 46.2 Å². The van der Waals surface area contributed by atoms with Gasteiger partial charge in [0.05, 0.1) is 26.1 Å². The van der Waals surface area contributed by atoms with Crippen LogP contribution in [0.25, 0.3) is 0 Å². The van der Waals surface area contributed by atoms with E-state index in [1.807, 2.05) is 5.43 Å². The molecule has 0 radical (unpaired) electrons. The molecular weight excluding hydrogens is 487 g/mol. The Balaban J connectivity index is 1.90. The first kappa shape index (κ1) is 24.1. The quantitative estimate of drug-likeness (QED) is 0.315. The van der Waals surface area contributed by atoms with Crippen molar-refractivity contribution in [3.63, 3.8) is 0 Å². The van der Waals surface area contributed by atoms with E-state index in [0.717, 1.165) is 30.6 Å². The van der Waals surface area contributed by atoms with E-state index < -0.39 is 50.5 Å². The molecule has 12 nitrogen and oxygen atoms in total. The molecule has 0 unspecified atom stereocenters. The number of rotatable bonds is 7. The summed E-state index contributed by atoms with van der Waals surface area (Å²) in [7, 11) is 0. The number of amides is 1. The van der Waals surface area contributed by atoms with Crippen LogP contribution >= 0.6 is 11.6 Å². The summed E-state index contributed by atoms with van der Waals surface area (Å²) < 4.78 is 39.0. The summed E-state index contributed by atoms with van der Waals surface area (Å²) in [5.41, 5.74) is 1.12. The number of halogens is 4. The predicted octanol–water partition coefficient (Wildman–Crippen LogP) is 4.47. The van der Waals surface area contributed by atoms with Gasteiger partial charge in [-0.2, -0.15) is 13.2 Å². The molecule has 3 rings (SSSR count). The van der Waals surface area contributed by atoms with Gasteiger partial charge in [0.25, 0.3) is 11.6 Å². The van der Waals surface area contributed by atoms with Gasteiger partial charge in [-0.15, -0.1) is 0 Å². The van der Waals surface area contributed by atoms with Crippen LogP contribution in [0.1, 0.15) is 15.9 Å². The number of hydrogen-bond donors (Lipinski definition) is 3. The number of aromatic nitrogens is 2. The van der Waals surface area contributed by atoms with Crippen molar-refractivity contribution in [2.24, 2.45) is 0 Å². The van der Waals surface area contributed by atoms with Crippen LogP contribution in [0.3, 0.4) is 0 Å². The summed E-state index contributed by atoms with van der Waals surface area (Å²) in [6.07, 6.45) is -3.87. The van der Waals surface area contributed by atoms with Gasteiger partial charge in [0.15, 0.2) is 0 Å². The average molecular weight is 498 g/mol. The molecule has 0 saturated carbocycles. The largest absolute Gasteiger partial charge is 0.416 e. The number of para-hydroxylation sites is 1. The van der Waals surface area contributed by atoms with Crippen molar-refractivity contribution in [2.45, 2.75) is 6.18 Å². The van der Waals surface area contributed by atoms with Crippen molar-refractivity contribution in [2.75, 3.05) is 10.7 Å². The first-order valence-electron chi connectivity index (χ1n) is 8.92. The fraction of sp³-hybridized carbons (Fsp3) is 0.0556. The van der Waals surface area contributed by atoms with E-state index in [1.165, 1.54) is 12.1 Å². The first-order valence-corrected chi connectivity index (χ1v) is 9.29. The number of nitrogens with zero attached hydrogens (tertiary/aromatic N) is 4. The molecule has 0 aliphatic heterocycles. The second kappa shape index (κ2) is 9.53. The fourth-order valence-corrected chi connectivity index (χ4v) is 2.83. The number of benzene rings is 2. The minimum atomic E-state index is -4.70. The second-order valence-electron chi connectivity index (χ2n) is 6.35. The van der Waals surface area contributed by atoms with Gasteiger partial charge < -0.3 is 5.32 Å². The Kier molecular flexibility index (Phi) is 6.76. The summed E-state index contributed by atoms with van der Waals surface area (Å²) in [6.45, 7) is 0. The molecule has 0 atom stereocenters. The molecule has 3 aromatic rings. The molecule has 2 aromatic carbocycles. The summed E-state index contributed by atoms with van der Waals surface area (Å²) in [5, 5.41) is 24.9. The molecule has 0 saturated heterocycles. The molecular formula is C18H11ClF3N7O5. The molecule has 0 aliphatic rings. The maximum Gasteiger partial charge on any atom is 0.416 e. The Morgan fingerprint density at radius 3 is 2.32 bits per heavy atom. The summed E-state index contributed by atoms with van der Waals surface area (Å²) in [6, 6.07) is 7.27. The van der Waals surface area contributed by atoms with E-state index in [9.17, 15) is 38.2 Å². The first-order chi connectivity index (χ1) is 16.0. The number of carbonyl (C=O) groups is 1. The molecule has 0 fully saturated rings. The molecule has 1 heterocycles. The lowest BCUT2D eigenvalue weighted by Crippen LogP contribution is -2.30. The number of nitro benzene ring substituents is 1. The molecule has 3 N–H and O–H groups in total. The molecule has 1 aromatic heterocycles. The van der Waals surface area contributed by atoms with Crippen molar-refractivity contribution < 1.29 is 27.8 Å². The minimum Gasteiger partial charge on any atom is -0.333 e. The molecule has 16 heteroatoms. The molecule has 176 valence electrons. The predicted molar refractivity (Wildman–Crippen MR) is 113 cm³/mol. The lowest BCUT2D eigenvalue weighted by atomic mass is 10.2. The minimum absolute atomic E-state index is 0.180. The third kappa shape index (κ3) is 5.26. The Morgan fingerprint density at radius 1 is 1.00 bits per heavy atom. The van der Waals surface area contributed by atoms with Gasteiger partial charge >= 0.3 is 11.9 Å². The van der Waals surface area contributed by atoms with Crippen molar-refractivity contribution in [1.29, 1.82) is 0 Å². The van der Waals surface area contributed by atoms with E-state index in [-0.39, 0.29) is 16.3 Å². The van der Waals surface area contributed by atoms with E-state index in [4.69, 9.17) is 11.6 Å². The Hall–Kier alpha value is -4.53. The zero-order chi connectivity index (χ0) is 25.0. The molecule has 1 amide bonds. The topological polar surface area (TPSA) is 165 Å². The van der Waals surface area contributed by atoms with Gasteiger partial charge in [-0.1, -0.05) is 23.7 Å². The smallest absolute Gasteiger partial charge is 0.333 e. The van der Waals surface area contributed by atoms with Gasteiger partial charge in [0.2, 0.25) is 11.6 Å².